The van der Waals surface area contributed by atoms with Gasteiger partial charge >= 0.3 is 0 Å². The van der Waals surface area contributed by atoms with Crippen molar-refractivity contribution in [3.8, 4) is 6.07 Å². The van der Waals surface area contributed by atoms with E-state index in [2.05, 4.69) is 35.6 Å². The van der Waals surface area contributed by atoms with Gasteiger partial charge in [0, 0.05) is 12.4 Å². The van der Waals surface area contributed by atoms with E-state index in [1.165, 1.54) is 0 Å². The Balaban J connectivity index is -0.000000228. The smallest absolute Gasteiger partial charge is 0.273 e. The second kappa shape index (κ2) is 13.6. The van der Waals surface area contributed by atoms with Gasteiger partial charge in [-0.15, -0.1) is 0 Å². The average Bonchev–Trinajstić information content (AvgIpc) is 2.30. The molecule has 0 atom stereocenters. The molecule has 0 radical (unpaired) electrons. The quantitative estimate of drug-likeness (QED) is 0.541. The third-order valence-corrected chi connectivity index (χ3v) is 1.27. The Hall–Kier alpha value is -1.85. The van der Waals surface area contributed by atoms with Crippen LogP contribution < -0.4 is 11.5 Å². The van der Waals surface area contributed by atoms with E-state index in [0.29, 0.717) is 0 Å². The molecule has 1 aromatic rings. The van der Waals surface area contributed by atoms with Crippen LogP contribution in [0.3, 0.4) is 0 Å². The second-order valence-electron chi connectivity index (χ2n) is 3.41. The van der Waals surface area contributed by atoms with Crippen LogP contribution in [-0.4, -0.2) is 21.0 Å². The third-order valence-electron chi connectivity index (χ3n) is 1.19. The number of thiocarbonyl (C=S) groups is 1. The fourth-order valence-electron chi connectivity index (χ4n) is 0.587. The molecule has 0 saturated heterocycles. The second-order valence-corrected chi connectivity index (χ2v) is 4.25. The molecule has 6 nitrogen and oxygen atoms in total. The van der Waals surface area contributed by atoms with Crippen molar-refractivity contribution < 1.29 is 9.53 Å². The molecule has 0 unspecified atom stereocenters. The summed E-state index contributed by atoms with van der Waals surface area (Å²) in [4.78, 5) is 12.9. The minimum atomic E-state index is -0.897. The molecule has 0 aromatic carbocycles. The van der Waals surface area contributed by atoms with Gasteiger partial charge in [-0.1, -0.05) is 26.1 Å². The van der Waals surface area contributed by atoms with Crippen LogP contribution in [0.4, 0.5) is 4.79 Å². The predicted molar refractivity (Wildman–Crippen MR) is 87.1 cm³/mol. The number of aromatic nitrogens is 1. The Kier molecular flexibility index (Phi) is 15.8. The van der Waals surface area contributed by atoms with E-state index >= 15 is 0 Å². The van der Waals surface area contributed by atoms with E-state index in [1.54, 1.807) is 26.2 Å². The van der Waals surface area contributed by atoms with Gasteiger partial charge in [0.2, 0.25) is 0 Å². The number of nitriles is 1. The van der Waals surface area contributed by atoms with Crippen molar-refractivity contribution in [3.05, 3.63) is 30.6 Å². The van der Waals surface area contributed by atoms with Gasteiger partial charge in [-0.3, -0.25) is 9.78 Å². The van der Waals surface area contributed by atoms with Crippen molar-refractivity contribution >= 4 is 35.3 Å². The highest BCUT2D eigenvalue weighted by Gasteiger charge is 2.17. The maximum atomic E-state index is 9.09. The van der Waals surface area contributed by atoms with E-state index in [4.69, 9.17) is 20.5 Å². The van der Waals surface area contributed by atoms with Gasteiger partial charge in [-0.2, -0.15) is 5.26 Å². The van der Waals surface area contributed by atoms with Gasteiger partial charge < -0.3 is 16.2 Å². The lowest BCUT2D eigenvalue weighted by molar-refractivity contribution is 0.158. The number of amides is 1. The summed E-state index contributed by atoms with van der Waals surface area (Å²) in [5, 5.41) is 7.62. The van der Waals surface area contributed by atoms with Crippen molar-refractivity contribution in [1.82, 2.24) is 4.98 Å². The number of hydrogen-bond donors (Lipinski definition) is 3. The largest absolute Gasteiger partial charge is 0.450 e. The summed E-state index contributed by atoms with van der Waals surface area (Å²) in [5.74, 6) is 0. The number of carbonyl (C=O) groups excluding carboxylic acids is 1. The summed E-state index contributed by atoms with van der Waals surface area (Å²) in [6.45, 7) is 3.18. The molecule has 0 spiro atoms. The Bertz CT molecular complexity index is 389. The standard InChI is InChI=1S/C5H8N2OS.C5H5N.CH3NOS.CH4/c1-5(2,3-6)8-4(7)9;1-2-4-6-5-3-1;2-1(3)4;/h1-2H3,(H2,7,9);1-5H;(H3,2,3,4);1H4. The zero-order valence-electron chi connectivity index (χ0n) is 10.6. The van der Waals surface area contributed by atoms with Crippen molar-refractivity contribution in [2.24, 2.45) is 11.5 Å². The lowest BCUT2D eigenvalue weighted by Crippen LogP contribution is -2.28. The SMILES string of the molecule is C.CC(C)(C#N)OC(N)=S.NC(=O)S.c1ccncc1. The summed E-state index contributed by atoms with van der Waals surface area (Å²) < 4.78 is 4.73. The number of hydrogen-bond acceptors (Lipinski definition) is 5. The Morgan fingerprint density at radius 2 is 1.75 bits per heavy atom. The first kappa shape index (κ1) is 23.3. The van der Waals surface area contributed by atoms with E-state index < -0.39 is 10.8 Å². The highest BCUT2D eigenvalue weighted by Crippen LogP contribution is 2.05. The molecule has 20 heavy (non-hydrogen) atoms. The van der Waals surface area contributed by atoms with Crippen LogP contribution in [0.5, 0.6) is 0 Å². The van der Waals surface area contributed by atoms with E-state index in [-0.39, 0.29) is 12.6 Å². The summed E-state index contributed by atoms with van der Waals surface area (Å²) >= 11 is 7.52. The van der Waals surface area contributed by atoms with Gasteiger partial charge in [-0.05, 0) is 38.2 Å². The summed E-state index contributed by atoms with van der Waals surface area (Å²) in [5.41, 5.74) is 8.45. The van der Waals surface area contributed by atoms with E-state index in [1.807, 2.05) is 24.3 Å². The summed E-state index contributed by atoms with van der Waals surface area (Å²) in [6.07, 6.45) is 3.50. The maximum Gasteiger partial charge on any atom is 0.273 e. The molecule has 8 heteroatoms. The number of primary amides is 1. The van der Waals surface area contributed by atoms with Crippen LogP contribution in [0, 0.1) is 11.3 Å². The number of nitrogens with two attached hydrogens (primary N) is 2. The Labute approximate surface area is 130 Å². The van der Waals surface area contributed by atoms with Crippen molar-refractivity contribution in [2.75, 3.05) is 0 Å². The number of carbonyl (C=O) groups is 1. The molecule has 112 valence electrons. The molecular formula is C12H20N4O2S2. The molecule has 1 rings (SSSR count). The number of nitrogens with zero attached hydrogens (tertiary/aromatic N) is 2. The molecule has 0 saturated carbocycles. The number of ether oxygens (including phenoxy) is 1. The average molecular weight is 316 g/mol. The minimum Gasteiger partial charge on any atom is -0.450 e. The Morgan fingerprint density at radius 3 is 1.85 bits per heavy atom. The first-order chi connectivity index (χ1) is 8.71. The minimum absolute atomic E-state index is 0. The van der Waals surface area contributed by atoms with Gasteiger partial charge in [0.1, 0.15) is 6.07 Å². The van der Waals surface area contributed by atoms with Crippen LogP contribution in [0.25, 0.3) is 0 Å². The van der Waals surface area contributed by atoms with Crippen LogP contribution in [0.15, 0.2) is 30.6 Å². The molecule has 1 aromatic heterocycles. The van der Waals surface area contributed by atoms with Crippen LogP contribution in [-0.2, 0) is 4.74 Å². The molecule has 4 N–H and O–H groups in total. The fraction of sp³-hybridized carbons (Fsp3) is 0.333. The first-order valence-electron chi connectivity index (χ1n) is 4.94. The molecule has 0 bridgehead atoms. The molecule has 0 aliphatic carbocycles. The van der Waals surface area contributed by atoms with Crippen molar-refractivity contribution in [1.29, 1.82) is 5.26 Å². The van der Waals surface area contributed by atoms with Crippen molar-refractivity contribution in [2.45, 2.75) is 26.9 Å². The fourth-order valence-corrected chi connectivity index (χ4v) is 0.795. The highest BCUT2D eigenvalue weighted by molar-refractivity contribution is 7.96. The molecule has 1 amide bonds. The third kappa shape index (κ3) is 25.1. The summed E-state index contributed by atoms with van der Waals surface area (Å²) in [6, 6.07) is 7.60. The van der Waals surface area contributed by atoms with Crippen LogP contribution in [0.1, 0.15) is 21.3 Å². The molecule has 1 heterocycles. The van der Waals surface area contributed by atoms with Gasteiger partial charge in [0.25, 0.3) is 10.4 Å². The lowest BCUT2D eigenvalue weighted by atomic mass is 10.2. The van der Waals surface area contributed by atoms with E-state index in [0.717, 1.165) is 0 Å². The molecule has 0 aliphatic heterocycles. The number of pyridine rings is 1. The zero-order chi connectivity index (χ0) is 15.3. The molecule has 0 fully saturated rings. The molecular weight excluding hydrogens is 296 g/mol. The Morgan fingerprint density at radius 1 is 1.35 bits per heavy atom. The zero-order valence-corrected chi connectivity index (χ0v) is 12.3. The molecule has 0 aliphatic rings. The normalized spacial score (nSPS) is 8.10. The topological polar surface area (TPSA) is 115 Å². The lowest BCUT2D eigenvalue weighted by Gasteiger charge is -2.15. The van der Waals surface area contributed by atoms with Gasteiger partial charge in [0.15, 0.2) is 5.60 Å². The van der Waals surface area contributed by atoms with E-state index in [9.17, 15) is 0 Å². The van der Waals surface area contributed by atoms with Gasteiger partial charge in [0.05, 0.1) is 0 Å². The van der Waals surface area contributed by atoms with Crippen LogP contribution in [0.2, 0.25) is 0 Å². The highest BCUT2D eigenvalue weighted by atomic mass is 32.1. The summed E-state index contributed by atoms with van der Waals surface area (Å²) in [7, 11) is 0. The number of thiol groups is 1. The van der Waals surface area contributed by atoms with Crippen LogP contribution >= 0.6 is 24.8 Å². The predicted octanol–water partition coefficient (Wildman–Crippen LogP) is 2.26. The number of rotatable bonds is 1. The first-order valence-corrected chi connectivity index (χ1v) is 5.80. The van der Waals surface area contributed by atoms with Crippen molar-refractivity contribution in [3.63, 3.8) is 0 Å². The monoisotopic (exact) mass is 316 g/mol. The van der Waals surface area contributed by atoms with Gasteiger partial charge in [-0.25, -0.2) is 0 Å². The maximum absolute atomic E-state index is 9.09.